The average molecular weight is 511 g/mol. The fourth-order valence-corrected chi connectivity index (χ4v) is 3.81. The fourth-order valence-electron chi connectivity index (χ4n) is 3.81. The summed E-state index contributed by atoms with van der Waals surface area (Å²) in [4.78, 5) is 53.4. The Labute approximate surface area is 218 Å². The number of hydrogen-bond acceptors (Lipinski definition) is 5. The van der Waals surface area contributed by atoms with Gasteiger partial charge in [0.2, 0.25) is 11.8 Å². The van der Waals surface area contributed by atoms with Crippen LogP contribution >= 0.6 is 0 Å². The molecule has 200 valence electrons. The van der Waals surface area contributed by atoms with Crippen LogP contribution in [-0.2, 0) is 19.1 Å². The highest BCUT2D eigenvalue weighted by molar-refractivity contribution is 6.00. The maximum absolute atomic E-state index is 13.9. The summed E-state index contributed by atoms with van der Waals surface area (Å²) in [6.07, 6.45) is -1.33. The summed E-state index contributed by atoms with van der Waals surface area (Å²) in [5, 5.41) is 5.40. The van der Waals surface area contributed by atoms with Gasteiger partial charge in [-0.2, -0.15) is 0 Å². The maximum atomic E-state index is 13.9. The predicted molar refractivity (Wildman–Crippen MR) is 143 cm³/mol. The summed E-state index contributed by atoms with van der Waals surface area (Å²) in [5.41, 5.74) is 7.63. The molecule has 0 radical (unpaired) electrons. The zero-order valence-electron chi connectivity index (χ0n) is 22.6. The van der Waals surface area contributed by atoms with Crippen molar-refractivity contribution in [3.8, 4) is 0 Å². The van der Waals surface area contributed by atoms with Gasteiger partial charge in [0.25, 0.3) is 5.91 Å². The number of alkyl carbamates (subject to hydrolysis) is 1. The van der Waals surface area contributed by atoms with Crippen LogP contribution in [0.3, 0.4) is 0 Å². The van der Waals surface area contributed by atoms with Crippen LogP contribution in [0.15, 0.2) is 48.5 Å². The normalized spacial score (nSPS) is 12.9. The lowest BCUT2D eigenvalue weighted by Crippen LogP contribution is -2.55. The number of carbonyl (C=O) groups excluding carboxylic acids is 4. The number of carbonyl (C=O) groups is 4. The Morgan fingerprint density at radius 1 is 0.973 bits per heavy atom. The maximum Gasteiger partial charge on any atom is 0.408 e. The molecule has 2 aromatic rings. The van der Waals surface area contributed by atoms with Gasteiger partial charge in [0.1, 0.15) is 17.7 Å². The SMILES string of the molecule is Cc1ccc(C(C(=O)Nc2ccccc2C)N(C(=O)C(CC(N)=O)NC(=O)OC(C)(C)C)C(C)C)cc1. The summed E-state index contributed by atoms with van der Waals surface area (Å²) in [6, 6.07) is 11.7. The van der Waals surface area contributed by atoms with Crippen LogP contribution in [0.25, 0.3) is 0 Å². The summed E-state index contributed by atoms with van der Waals surface area (Å²) < 4.78 is 5.29. The summed E-state index contributed by atoms with van der Waals surface area (Å²) in [7, 11) is 0. The minimum atomic E-state index is -1.33. The van der Waals surface area contributed by atoms with Gasteiger partial charge in [0, 0.05) is 11.7 Å². The molecule has 9 heteroatoms. The van der Waals surface area contributed by atoms with Gasteiger partial charge in [-0.05, 0) is 65.7 Å². The zero-order chi connectivity index (χ0) is 27.9. The fraction of sp³-hybridized carbons (Fsp3) is 0.429. The first-order chi connectivity index (χ1) is 17.2. The van der Waals surface area contributed by atoms with E-state index in [1.54, 1.807) is 52.8 Å². The Bertz CT molecular complexity index is 1120. The minimum absolute atomic E-state index is 0.435. The van der Waals surface area contributed by atoms with E-state index in [0.29, 0.717) is 11.3 Å². The molecule has 9 nitrogen and oxygen atoms in total. The molecule has 0 saturated carbocycles. The Hall–Kier alpha value is -3.88. The second-order valence-corrected chi connectivity index (χ2v) is 10.3. The highest BCUT2D eigenvalue weighted by Crippen LogP contribution is 2.28. The van der Waals surface area contributed by atoms with Crippen molar-refractivity contribution in [3.05, 3.63) is 65.2 Å². The van der Waals surface area contributed by atoms with E-state index in [2.05, 4.69) is 10.6 Å². The molecule has 0 spiro atoms. The standard InChI is InChI=1S/C28H38N4O5/c1-17(2)32(26(35)22(16-23(29)33)31-27(36)37-28(5,6)7)24(20-14-12-18(3)13-15-20)25(34)30-21-11-9-8-10-19(21)4/h8-15,17,22,24H,16H2,1-7H3,(H2,29,33)(H,30,34)(H,31,36). The third-order valence-corrected chi connectivity index (χ3v) is 5.53. The topological polar surface area (TPSA) is 131 Å². The van der Waals surface area contributed by atoms with E-state index in [9.17, 15) is 19.2 Å². The highest BCUT2D eigenvalue weighted by atomic mass is 16.6. The molecular weight excluding hydrogens is 472 g/mol. The molecule has 2 aromatic carbocycles. The molecule has 0 fully saturated rings. The molecule has 0 aliphatic heterocycles. The smallest absolute Gasteiger partial charge is 0.408 e. The number of para-hydroxylation sites is 1. The number of hydrogen-bond donors (Lipinski definition) is 3. The van der Waals surface area contributed by atoms with Crippen LogP contribution in [0, 0.1) is 13.8 Å². The number of ether oxygens (including phenoxy) is 1. The van der Waals surface area contributed by atoms with E-state index in [1.165, 1.54) is 4.90 Å². The number of anilines is 1. The van der Waals surface area contributed by atoms with Gasteiger partial charge in [0.15, 0.2) is 0 Å². The number of nitrogens with two attached hydrogens (primary N) is 1. The summed E-state index contributed by atoms with van der Waals surface area (Å²) >= 11 is 0. The van der Waals surface area contributed by atoms with Crippen LogP contribution in [0.4, 0.5) is 10.5 Å². The number of nitrogens with one attached hydrogen (secondary N) is 2. The van der Waals surface area contributed by atoms with Gasteiger partial charge in [-0.15, -0.1) is 0 Å². The third-order valence-electron chi connectivity index (χ3n) is 5.53. The predicted octanol–water partition coefficient (Wildman–Crippen LogP) is 3.99. The molecule has 2 unspecified atom stereocenters. The van der Waals surface area contributed by atoms with E-state index in [1.807, 2.05) is 44.2 Å². The number of rotatable bonds is 9. The largest absolute Gasteiger partial charge is 0.444 e. The second-order valence-electron chi connectivity index (χ2n) is 10.3. The van der Waals surface area contributed by atoms with Crippen molar-refractivity contribution in [1.29, 1.82) is 0 Å². The van der Waals surface area contributed by atoms with E-state index in [4.69, 9.17) is 10.5 Å². The Balaban J connectivity index is 2.52. The molecule has 2 atom stereocenters. The van der Waals surface area contributed by atoms with Gasteiger partial charge in [-0.3, -0.25) is 14.4 Å². The van der Waals surface area contributed by atoms with E-state index in [0.717, 1.165) is 11.1 Å². The molecule has 0 heterocycles. The highest BCUT2D eigenvalue weighted by Gasteiger charge is 2.38. The average Bonchev–Trinajstić information content (AvgIpc) is 2.77. The molecule has 0 bridgehead atoms. The summed E-state index contributed by atoms with van der Waals surface area (Å²) in [6.45, 7) is 12.4. The Morgan fingerprint density at radius 2 is 1.57 bits per heavy atom. The van der Waals surface area contributed by atoms with E-state index in [-0.39, 0.29) is 0 Å². The van der Waals surface area contributed by atoms with Gasteiger partial charge in [-0.25, -0.2) is 4.79 Å². The molecule has 0 saturated heterocycles. The number of primary amides is 1. The molecule has 0 aliphatic rings. The van der Waals surface area contributed by atoms with Crippen LogP contribution in [-0.4, -0.2) is 46.4 Å². The third kappa shape index (κ3) is 8.63. The van der Waals surface area contributed by atoms with Crippen molar-refractivity contribution >= 4 is 29.5 Å². The summed E-state index contributed by atoms with van der Waals surface area (Å²) in [5.74, 6) is -1.85. The molecular formula is C28H38N4O5. The molecule has 4 N–H and O–H groups in total. The van der Waals surface area contributed by atoms with Crippen LogP contribution < -0.4 is 16.4 Å². The first kappa shape index (κ1) is 29.4. The van der Waals surface area contributed by atoms with Crippen LogP contribution in [0.2, 0.25) is 0 Å². The Kier molecular flexibility index (Phi) is 9.82. The minimum Gasteiger partial charge on any atom is -0.444 e. The number of aryl methyl sites for hydroxylation is 2. The van der Waals surface area contributed by atoms with Gasteiger partial charge >= 0.3 is 6.09 Å². The van der Waals surface area contributed by atoms with E-state index < -0.39 is 54.0 Å². The lowest BCUT2D eigenvalue weighted by molar-refractivity contribution is -0.143. The van der Waals surface area contributed by atoms with Gasteiger partial charge in [0.05, 0.1) is 6.42 Å². The lowest BCUT2D eigenvalue weighted by Gasteiger charge is -2.37. The molecule has 37 heavy (non-hydrogen) atoms. The van der Waals surface area contributed by atoms with Gasteiger partial charge < -0.3 is 26.0 Å². The quantitative estimate of drug-likeness (QED) is 0.469. The van der Waals surface area contributed by atoms with Crippen molar-refractivity contribution in [2.45, 2.75) is 78.6 Å². The van der Waals surface area contributed by atoms with Crippen LogP contribution in [0.1, 0.15) is 63.8 Å². The van der Waals surface area contributed by atoms with Crippen molar-refractivity contribution in [2.75, 3.05) is 5.32 Å². The molecule has 0 aromatic heterocycles. The Morgan fingerprint density at radius 3 is 2.08 bits per heavy atom. The molecule has 0 aliphatic carbocycles. The zero-order valence-corrected chi connectivity index (χ0v) is 22.6. The van der Waals surface area contributed by atoms with Crippen molar-refractivity contribution in [3.63, 3.8) is 0 Å². The number of benzene rings is 2. The molecule has 2 rings (SSSR count). The van der Waals surface area contributed by atoms with Crippen molar-refractivity contribution < 1.29 is 23.9 Å². The van der Waals surface area contributed by atoms with E-state index >= 15 is 0 Å². The van der Waals surface area contributed by atoms with Crippen LogP contribution in [0.5, 0.6) is 0 Å². The number of amides is 4. The monoisotopic (exact) mass is 510 g/mol. The first-order valence-electron chi connectivity index (χ1n) is 12.2. The molecule has 4 amide bonds. The van der Waals surface area contributed by atoms with Crippen molar-refractivity contribution in [2.24, 2.45) is 5.73 Å². The van der Waals surface area contributed by atoms with Crippen molar-refractivity contribution in [1.82, 2.24) is 10.2 Å². The lowest BCUT2D eigenvalue weighted by atomic mass is 9.99. The van der Waals surface area contributed by atoms with Gasteiger partial charge in [-0.1, -0.05) is 48.0 Å². The second kappa shape index (κ2) is 12.4. The first-order valence-corrected chi connectivity index (χ1v) is 12.2. The number of nitrogens with zero attached hydrogens (tertiary/aromatic N) is 1.